The van der Waals surface area contributed by atoms with E-state index in [1.807, 2.05) is 0 Å². The number of rotatable bonds is 2. The van der Waals surface area contributed by atoms with Crippen molar-refractivity contribution in [2.45, 2.75) is 43.5 Å². The van der Waals surface area contributed by atoms with E-state index in [2.05, 4.69) is 5.32 Å². The molecule has 0 saturated carbocycles. The first kappa shape index (κ1) is 22.1. The Hall–Kier alpha value is -3.13. The summed E-state index contributed by atoms with van der Waals surface area (Å²) in [4.78, 5) is 13.1. The number of nitrogens with one attached hydrogen (secondary N) is 1. The number of carbonyl (C=O) groups excluding carboxylic acids is 1. The summed E-state index contributed by atoms with van der Waals surface area (Å²) in [5, 5.41) is 24.8. The monoisotopic (exact) mass is 447 g/mol. The van der Waals surface area contributed by atoms with Crippen molar-refractivity contribution in [3.8, 4) is 5.75 Å². The molecule has 0 spiro atoms. The number of halogens is 4. The average molecular weight is 447 g/mol. The molecule has 0 unspecified atom stereocenters. The molecule has 0 fully saturated rings. The van der Waals surface area contributed by atoms with Crippen LogP contribution >= 0.6 is 0 Å². The molecule has 8 heteroatoms. The first-order chi connectivity index (χ1) is 14.9. The van der Waals surface area contributed by atoms with Gasteiger partial charge in [-0.25, -0.2) is 4.39 Å². The Morgan fingerprint density at radius 3 is 2.41 bits per heavy atom. The number of fused-ring (bicyclic) bond motifs is 2. The van der Waals surface area contributed by atoms with Gasteiger partial charge < -0.3 is 15.5 Å². The quantitative estimate of drug-likeness (QED) is 0.477. The summed E-state index contributed by atoms with van der Waals surface area (Å²) in [6, 6.07) is 11.7. The summed E-state index contributed by atoms with van der Waals surface area (Å²) in [6.07, 6.45) is -5.99. The van der Waals surface area contributed by atoms with Crippen LogP contribution in [-0.4, -0.2) is 27.9 Å². The van der Waals surface area contributed by atoms with Crippen LogP contribution in [0.3, 0.4) is 0 Å². The maximum atomic E-state index is 14.2. The van der Waals surface area contributed by atoms with Gasteiger partial charge >= 0.3 is 6.18 Å². The van der Waals surface area contributed by atoms with Gasteiger partial charge in [-0.2, -0.15) is 13.2 Å². The zero-order valence-corrected chi connectivity index (χ0v) is 17.3. The molecular formula is C24H21F4NO3. The van der Waals surface area contributed by atoms with Crippen LogP contribution in [0.25, 0.3) is 10.8 Å². The summed E-state index contributed by atoms with van der Waals surface area (Å²) in [7, 11) is 0. The SMILES string of the molecule is CC1(C)C[C@@](O)(C(F)(F)F)[C@H](NC(=O)c2cccc3ccccc23)c2ccc(F)c(O)c21. The van der Waals surface area contributed by atoms with Crippen molar-refractivity contribution in [2.75, 3.05) is 0 Å². The van der Waals surface area contributed by atoms with E-state index in [1.165, 1.54) is 19.9 Å². The number of benzene rings is 3. The lowest BCUT2D eigenvalue weighted by molar-refractivity contribution is -0.280. The van der Waals surface area contributed by atoms with Crippen LogP contribution in [0.4, 0.5) is 17.6 Å². The third kappa shape index (κ3) is 3.30. The number of hydrogen-bond donors (Lipinski definition) is 3. The van der Waals surface area contributed by atoms with Crippen molar-refractivity contribution >= 4 is 16.7 Å². The third-order valence-electron chi connectivity index (χ3n) is 6.14. The lowest BCUT2D eigenvalue weighted by atomic mass is 9.63. The molecule has 2 atom stereocenters. The van der Waals surface area contributed by atoms with Crippen LogP contribution in [0.1, 0.15) is 47.8 Å². The highest BCUT2D eigenvalue weighted by molar-refractivity contribution is 6.07. The van der Waals surface area contributed by atoms with Gasteiger partial charge in [-0.3, -0.25) is 4.79 Å². The molecule has 32 heavy (non-hydrogen) atoms. The average Bonchev–Trinajstić information content (AvgIpc) is 2.71. The van der Waals surface area contributed by atoms with Crippen molar-refractivity contribution in [1.29, 1.82) is 0 Å². The molecule has 3 aromatic rings. The van der Waals surface area contributed by atoms with Crippen molar-refractivity contribution in [3.63, 3.8) is 0 Å². The maximum Gasteiger partial charge on any atom is 0.419 e. The van der Waals surface area contributed by atoms with Crippen LogP contribution < -0.4 is 5.32 Å². The summed E-state index contributed by atoms with van der Waals surface area (Å²) >= 11 is 0. The van der Waals surface area contributed by atoms with Crippen molar-refractivity contribution in [1.82, 2.24) is 5.32 Å². The number of amides is 1. The molecule has 168 valence electrons. The third-order valence-corrected chi connectivity index (χ3v) is 6.14. The number of phenols is 1. The predicted octanol–water partition coefficient (Wildman–Crippen LogP) is 5.13. The van der Waals surface area contributed by atoms with Gasteiger partial charge in [-0.15, -0.1) is 0 Å². The highest BCUT2D eigenvalue weighted by Crippen LogP contribution is 2.55. The molecule has 4 rings (SSSR count). The van der Waals surface area contributed by atoms with E-state index < -0.39 is 47.1 Å². The number of phenolic OH excluding ortho intramolecular Hbond substituents is 1. The van der Waals surface area contributed by atoms with E-state index in [0.29, 0.717) is 5.39 Å². The summed E-state index contributed by atoms with van der Waals surface area (Å²) in [6.45, 7) is 2.76. The largest absolute Gasteiger partial charge is 0.505 e. The molecule has 1 amide bonds. The van der Waals surface area contributed by atoms with Crippen molar-refractivity contribution < 1.29 is 32.6 Å². The van der Waals surface area contributed by atoms with Crippen molar-refractivity contribution in [3.05, 3.63) is 77.1 Å². The Balaban J connectivity index is 1.88. The molecule has 1 aliphatic rings. The summed E-state index contributed by atoms with van der Waals surface area (Å²) in [5.74, 6) is -2.61. The molecule has 0 saturated heterocycles. The molecule has 3 N–H and O–H groups in total. The first-order valence-corrected chi connectivity index (χ1v) is 9.96. The van der Waals surface area contributed by atoms with Crippen LogP contribution in [0.15, 0.2) is 54.6 Å². The molecule has 0 heterocycles. The van der Waals surface area contributed by atoms with Crippen LogP contribution in [0, 0.1) is 5.82 Å². The minimum Gasteiger partial charge on any atom is -0.505 e. The van der Waals surface area contributed by atoms with E-state index in [4.69, 9.17) is 0 Å². The molecule has 4 nitrogen and oxygen atoms in total. The standard InChI is InChI=1S/C24H21F4NO3/c1-22(2)12-23(32,24(26,27)28)20(16-10-11-17(25)19(30)18(16)22)29-21(31)15-9-5-7-13-6-3-4-8-14(13)15/h3-11,20,30,32H,12H2,1-2H3,(H,29,31)/t20-,23+/m1/s1. The summed E-state index contributed by atoms with van der Waals surface area (Å²) < 4.78 is 56.6. The topological polar surface area (TPSA) is 69.6 Å². The molecule has 0 bridgehead atoms. The highest BCUT2D eigenvalue weighted by Gasteiger charge is 2.64. The fraction of sp³-hybridized carbons (Fsp3) is 0.292. The van der Waals surface area contributed by atoms with Gasteiger partial charge in [0.2, 0.25) is 0 Å². The highest BCUT2D eigenvalue weighted by atomic mass is 19.4. The van der Waals surface area contributed by atoms with Gasteiger partial charge in [0.1, 0.15) is 0 Å². The second-order valence-corrected chi connectivity index (χ2v) is 8.78. The van der Waals surface area contributed by atoms with Gasteiger partial charge in [0, 0.05) is 11.1 Å². The Labute approximate surface area is 181 Å². The van der Waals surface area contributed by atoms with E-state index in [1.54, 1.807) is 36.4 Å². The van der Waals surface area contributed by atoms with Gasteiger partial charge in [0.25, 0.3) is 5.91 Å². The lowest BCUT2D eigenvalue weighted by Crippen LogP contribution is -2.60. The fourth-order valence-electron chi connectivity index (χ4n) is 4.75. The molecular weight excluding hydrogens is 426 g/mol. The first-order valence-electron chi connectivity index (χ1n) is 9.96. The Morgan fingerprint density at radius 1 is 1.06 bits per heavy atom. The Kier molecular flexibility index (Phi) is 4.97. The number of carbonyl (C=O) groups is 1. The molecule has 0 aliphatic heterocycles. The van der Waals surface area contributed by atoms with Crippen LogP contribution in [0.2, 0.25) is 0 Å². The van der Waals surface area contributed by atoms with Gasteiger partial charge in [-0.05, 0) is 40.3 Å². The maximum absolute atomic E-state index is 14.2. The predicted molar refractivity (Wildman–Crippen MR) is 111 cm³/mol. The van der Waals surface area contributed by atoms with Crippen LogP contribution in [-0.2, 0) is 5.41 Å². The number of aliphatic hydroxyl groups is 1. The van der Waals surface area contributed by atoms with Gasteiger partial charge in [-0.1, -0.05) is 56.3 Å². The normalized spacial score (nSPS) is 22.4. The molecule has 0 radical (unpaired) electrons. The van der Waals surface area contributed by atoms with E-state index in [0.717, 1.165) is 17.5 Å². The minimum atomic E-state index is -5.11. The Morgan fingerprint density at radius 2 is 1.72 bits per heavy atom. The Bertz CT molecular complexity index is 1220. The van der Waals surface area contributed by atoms with Gasteiger partial charge in [0.15, 0.2) is 17.2 Å². The second-order valence-electron chi connectivity index (χ2n) is 8.78. The molecule has 1 aliphatic carbocycles. The fourth-order valence-corrected chi connectivity index (χ4v) is 4.75. The van der Waals surface area contributed by atoms with E-state index in [9.17, 15) is 32.6 Å². The number of aromatic hydroxyl groups is 1. The zero-order chi connectivity index (χ0) is 23.5. The number of hydrogen-bond acceptors (Lipinski definition) is 3. The van der Waals surface area contributed by atoms with Crippen molar-refractivity contribution in [2.24, 2.45) is 0 Å². The van der Waals surface area contributed by atoms with Crippen LogP contribution in [0.5, 0.6) is 5.75 Å². The zero-order valence-electron chi connectivity index (χ0n) is 17.3. The van der Waals surface area contributed by atoms with E-state index in [-0.39, 0.29) is 16.7 Å². The smallest absolute Gasteiger partial charge is 0.419 e. The summed E-state index contributed by atoms with van der Waals surface area (Å²) in [5.41, 5.74) is -4.89. The number of alkyl halides is 3. The molecule has 0 aromatic heterocycles. The second kappa shape index (κ2) is 7.20. The lowest BCUT2D eigenvalue weighted by Gasteiger charge is -2.48. The minimum absolute atomic E-state index is 0.0744. The van der Waals surface area contributed by atoms with Gasteiger partial charge in [0.05, 0.1) is 6.04 Å². The van der Waals surface area contributed by atoms with E-state index >= 15 is 0 Å². The molecule has 3 aromatic carbocycles.